The molecule has 0 heterocycles. The summed E-state index contributed by atoms with van der Waals surface area (Å²) in [5.74, 6) is 0.0775. The number of hydrogen-bond acceptors (Lipinski definition) is 3. The molecule has 7 heteroatoms. The lowest BCUT2D eigenvalue weighted by atomic mass is 10.1. The first-order valence-electron chi connectivity index (χ1n) is 6.15. The Morgan fingerprint density at radius 1 is 1.35 bits per heavy atom. The molecule has 0 saturated heterocycles. The Morgan fingerprint density at radius 3 is 2.45 bits per heavy atom. The molecule has 0 N–H and O–H groups in total. The van der Waals surface area contributed by atoms with E-state index in [2.05, 4.69) is 0 Å². The van der Waals surface area contributed by atoms with E-state index in [1.807, 2.05) is 13.8 Å². The third-order valence-corrected chi connectivity index (χ3v) is 4.58. The molecule has 0 aliphatic carbocycles. The van der Waals surface area contributed by atoms with E-state index < -0.39 is 9.05 Å². The first-order chi connectivity index (χ1) is 9.15. The van der Waals surface area contributed by atoms with Crippen LogP contribution in [-0.4, -0.2) is 32.8 Å². The van der Waals surface area contributed by atoms with Crippen LogP contribution in [0.15, 0.2) is 23.1 Å². The molecule has 1 rings (SSSR count). The van der Waals surface area contributed by atoms with Crippen molar-refractivity contribution in [2.45, 2.75) is 25.2 Å². The van der Waals surface area contributed by atoms with Crippen LogP contribution in [0, 0.1) is 5.92 Å². The second-order valence-electron chi connectivity index (χ2n) is 4.81. The van der Waals surface area contributed by atoms with Gasteiger partial charge in [-0.1, -0.05) is 31.9 Å². The van der Waals surface area contributed by atoms with E-state index in [1.165, 1.54) is 18.2 Å². The van der Waals surface area contributed by atoms with Gasteiger partial charge in [0.15, 0.2) is 0 Å². The van der Waals surface area contributed by atoms with Gasteiger partial charge in [-0.2, -0.15) is 0 Å². The summed E-state index contributed by atoms with van der Waals surface area (Å²) in [6.07, 6.45) is 0.953. The van der Waals surface area contributed by atoms with Crippen molar-refractivity contribution in [3.05, 3.63) is 28.8 Å². The average molecular weight is 338 g/mol. The highest BCUT2D eigenvalue weighted by Gasteiger charge is 2.18. The Morgan fingerprint density at radius 2 is 1.95 bits per heavy atom. The van der Waals surface area contributed by atoms with Crippen LogP contribution in [0.25, 0.3) is 0 Å². The van der Waals surface area contributed by atoms with E-state index in [1.54, 1.807) is 11.9 Å². The van der Waals surface area contributed by atoms with Crippen LogP contribution in [0.5, 0.6) is 0 Å². The van der Waals surface area contributed by atoms with Crippen molar-refractivity contribution in [1.82, 2.24) is 4.90 Å². The molecule has 112 valence electrons. The molecule has 4 nitrogen and oxygen atoms in total. The topological polar surface area (TPSA) is 54.5 Å². The highest BCUT2D eigenvalue weighted by Crippen LogP contribution is 2.23. The van der Waals surface area contributed by atoms with Crippen molar-refractivity contribution in [3.63, 3.8) is 0 Å². The minimum Gasteiger partial charge on any atom is -0.341 e. The first-order valence-corrected chi connectivity index (χ1v) is 8.84. The molecule has 0 spiro atoms. The molecule has 0 saturated carbocycles. The van der Waals surface area contributed by atoms with Crippen LogP contribution in [0.1, 0.15) is 30.6 Å². The van der Waals surface area contributed by atoms with E-state index in [-0.39, 0.29) is 21.4 Å². The largest absolute Gasteiger partial charge is 0.341 e. The summed E-state index contributed by atoms with van der Waals surface area (Å²) in [5.41, 5.74) is 0.211. The van der Waals surface area contributed by atoms with Gasteiger partial charge in [0.25, 0.3) is 15.0 Å². The van der Waals surface area contributed by atoms with Crippen molar-refractivity contribution in [2.24, 2.45) is 5.92 Å². The quantitative estimate of drug-likeness (QED) is 0.774. The van der Waals surface area contributed by atoms with Crippen molar-refractivity contribution in [1.29, 1.82) is 0 Å². The maximum absolute atomic E-state index is 12.3. The van der Waals surface area contributed by atoms with Gasteiger partial charge in [-0.3, -0.25) is 4.79 Å². The first kappa shape index (κ1) is 17.3. The number of nitrogens with zero attached hydrogens (tertiary/aromatic N) is 1. The molecule has 0 aliphatic heterocycles. The smallest absolute Gasteiger partial charge is 0.261 e. The summed E-state index contributed by atoms with van der Waals surface area (Å²) in [4.78, 5) is 13.6. The molecule has 1 atom stereocenters. The molecule has 1 amide bonds. The molecule has 1 aromatic rings. The molecule has 0 radical (unpaired) electrons. The van der Waals surface area contributed by atoms with Crippen molar-refractivity contribution < 1.29 is 13.2 Å². The van der Waals surface area contributed by atoms with Gasteiger partial charge in [-0.05, 0) is 24.1 Å². The highest BCUT2D eigenvalue weighted by molar-refractivity contribution is 8.13. The zero-order valence-corrected chi connectivity index (χ0v) is 13.9. The predicted octanol–water partition coefficient (Wildman–Crippen LogP) is 3.39. The SMILES string of the molecule is CCC(C)CN(C)C(=O)c1cc(Cl)cc(S(=O)(=O)Cl)c1. The van der Waals surface area contributed by atoms with Gasteiger partial charge >= 0.3 is 0 Å². The van der Waals surface area contributed by atoms with Crippen LogP contribution < -0.4 is 0 Å². The van der Waals surface area contributed by atoms with Crippen LogP contribution >= 0.6 is 22.3 Å². The third-order valence-electron chi connectivity index (χ3n) is 3.03. The van der Waals surface area contributed by atoms with Gasteiger partial charge in [-0.25, -0.2) is 8.42 Å². The fourth-order valence-electron chi connectivity index (χ4n) is 1.73. The van der Waals surface area contributed by atoms with E-state index in [0.717, 1.165) is 6.42 Å². The average Bonchev–Trinajstić information content (AvgIpc) is 2.35. The zero-order valence-electron chi connectivity index (χ0n) is 11.6. The van der Waals surface area contributed by atoms with Crippen molar-refractivity contribution >= 4 is 37.2 Å². The standard InChI is InChI=1S/C13H17Cl2NO3S/c1-4-9(2)8-16(3)13(17)10-5-11(14)7-12(6-10)20(15,18)19/h5-7,9H,4,8H2,1-3H3. The van der Waals surface area contributed by atoms with Gasteiger partial charge in [0, 0.05) is 34.9 Å². The number of carbonyl (C=O) groups excluding carboxylic acids is 1. The summed E-state index contributed by atoms with van der Waals surface area (Å²) in [6.45, 7) is 4.67. The fraction of sp³-hybridized carbons (Fsp3) is 0.462. The van der Waals surface area contributed by atoms with E-state index in [9.17, 15) is 13.2 Å². The third kappa shape index (κ3) is 4.65. The Kier molecular flexibility index (Phi) is 5.86. The Hall–Kier alpha value is -0.780. The highest BCUT2D eigenvalue weighted by atomic mass is 35.7. The molecular formula is C13H17Cl2NO3S. The van der Waals surface area contributed by atoms with Gasteiger partial charge in [-0.15, -0.1) is 0 Å². The van der Waals surface area contributed by atoms with Crippen LogP contribution in [0.2, 0.25) is 5.02 Å². The van der Waals surface area contributed by atoms with E-state index >= 15 is 0 Å². The predicted molar refractivity (Wildman–Crippen MR) is 80.9 cm³/mol. The Balaban J connectivity index is 3.08. The van der Waals surface area contributed by atoms with Crippen LogP contribution in [0.3, 0.4) is 0 Å². The van der Waals surface area contributed by atoms with E-state index in [0.29, 0.717) is 12.5 Å². The molecular weight excluding hydrogens is 321 g/mol. The van der Waals surface area contributed by atoms with Gasteiger partial charge in [0.1, 0.15) is 0 Å². The zero-order chi connectivity index (χ0) is 15.5. The second-order valence-corrected chi connectivity index (χ2v) is 7.81. The molecule has 20 heavy (non-hydrogen) atoms. The number of carbonyl (C=O) groups is 1. The van der Waals surface area contributed by atoms with Crippen LogP contribution in [-0.2, 0) is 9.05 Å². The second kappa shape index (κ2) is 6.78. The Labute approximate surface area is 129 Å². The number of halogens is 2. The van der Waals surface area contributed by atoms with Crippen molar-refractivity contribution in [2.75, 3.05) is 13.6 Å². The Bertz CT molecular complexity index is 602. The monoisotopic (exact) mass is 337 g/mol. The number of amides is 1. The maximum Gasteiger partial charge on any atom is 0.261 e. The lowest BCUT2D eigenvalue weighted by molar-refractivity contribution is 0.0774. The minimum absolute atomic E-state index is 0.159. The molecule has 1 aromatic carbocycles. The van der Waals surface area contributed by atoms with Gasteiger partial charge in [0.05, 0.1) is 4.90 Å². The lowest BCUT2D eigenvalue weighted by Crippen LogP contribution is -2.31. The number of hydrogen-bond donors (Lipinski definition) is 0. The molecule has 0 aliphatic rings. The molecule has 0 bridgehead atoms. The maximum atomic E-state index is 12.3. The summed E-state index contributed by atoms with van der Waals surface area (Å²) < 4.78 is 22.7. The summed E-state index contributed by atoms with van der Waals surface area (Å²) in [6, 6.07) is 3.89. The van der Waals surface area contributed by atoms with E-state index in [4.69, 9.17) is 22.3 Å². The summed E-state index contributed by atoms with van der Waals surface area (Å²) >= 11 is 5.84. The minimum atomic E-state index is -3.92. The van der Waals surface area contributed by atoms with Crippen LogP contribution in [0.4, 0.5) is 0 Å². The molecule has 0 fully saturated rings. The molecule has 0 aromatic heterocycles. The summed E-state index contributed by atoms with van der Waals surface area (Å²) in [5, 5.41) is 0.159. The fourth-order valence-corrected chi connectivity index (χ4v) is 2.83. The number of benzene rings is 1. The lowest BCUT2D eigenvalue weighted by Gasteiger charge is -2.21. The van der Waals surface area contributed by atoms with Gasteiger partial charge < -0.3 is 4.90 Å². The normalized spacial score (nSPS) is 13.1. The molecule has 1 unspecified atom stereocenters. The van der Waals surface area contributed by atoms with Crippen molar-refractivity contribution in [3.8, 4) is 0 Å². The number of rotatable bonds is 5. The van der Waals surface area contributed by atoms with Gasteiger partial charge in [0.2, 0.25) is 0 Å². The summed E-state index contributed by atoms with van der Waals surface area (Å²) in [7, 11) is 3.04.